The molecule has 1 N–H and O–H groups in total. The van der Waals surface area contributed by atoms with Crippen LogP contribution in [0.3, 0.4) is 0 Å². The van der Waals surface area contributed by atoms with Gasteiger partial charge in [0.2, 0.25) is 0 Å². The molecule has 1 spiro atoms. The molecule has 3 heterocycles. The van der Waals surface area contributed by atoms with Crippen molar-refractivity contribution in [2.75, 3.05) is 31.6 Å². The molecule has 1 saturated heterocycles. The second-order valence-electron chi connectivity index (χ2n) is 9.07. The third-order valence-corrected chi connectivity index (χ3v) is 7.58. The minimum Gasteiger partial charge on any atom is -0.483 e. The van der Waals surface area contributed by atoms with Crippen LogP contribution in [0.4, 0.5) is 10.1 Å². The lowest BCUT2D eigenvalue weighted by molar-refractivity contribution is -0.0749. The van der Waals surface area contributed by atoms with Crippen molar-refractivity contribution in [3.63, 3.8) is 0 Å². The van der Waals surface area contributed by atoms with Crippen LogP contribution in [0.15, 0.2) is 48.8 Å². The molecule has 5 rings (SSSR count). The molecule has 1 fully saturated rings. The summed E-state index contributed by atoms with van der Waals surface area (Å²) in [4.78, 5) is 4.59. The Morgan fingerprint density at radius 2 is 2.03 bits per heavy atom. The SMILES string of the molecule is C=C(NSCc1ccc2c(c1)CCCCN2C)N1CC2(CCc3ccc(F)cc3O2)C1. The Balaban J connectivity index is 1.11. The van der Waals surface area contributed by atoms with Crippen LogP contribution in [-0.4, -0.2) is 37.2 Å². The van der Waals surface area contributed by atoms with E-state index in [1.54, 1.807) is 11.9 Å². The molecule has 6 heteroatoms. The average Bonchev–Trinajstić information content (AvgIpc) is 2.92. The molecule has 164 valence electrons. The summed E-state index contributed by atoms with van der Waals surface area (Å²) >= 11 is 1.68. The summed E-state index contributed by atoms with van der Waals surface area (Å²) in [7, 11) is 2.19. The van der Waals surface area contributed by atoms with Gasteiger partial charge >= 0.3 is 0 Å². The number of hydrogen-bond acceptors (Lipinski definition) is 5. The minimum absolute atomic E-state index is 0.209. The van der Waals surface area contributed by atoms with E-state index in [1.165, 1.54) is 48.2 Å². The van der Waals surface area contributed by atoms with E-state index < -0.39 is 0 Å². The van der Waals surface area contributed by atoms with Crippen molar-refractivity contribution in [1.29, 1.82) is 0 Å². The van der Waals surface area contributed by atoms with E-state index in [-0.39, 0.29) is 11.4 Å². The van der Waals surface area contributed by atoms with Crippen LogP contribution in [-0.2, 0) is 18.6 Å². The Labute approximate surface area is 188 Å². The maximum Gasteiger partial charge on any atom is 0.144 e. The predicted molar refractivity (Wildman–Crippen MR) is 126 cm³/mol. The predicted octanol–water partition coefficient (Wildman–Crippen LogP) is 4.89. The highest BCUT2D eigenvalue weighted by molar-refractivity contribution is 7.96. The topological polar surface area (TPSA) is 27.7 Å². The molecule has 0 saturated carbocycles. The Morgan fingerprint density at radius 3 is 2.90 bits per heavy atom. The van der Waals surface area contributed by atoms with E-state index in [0.29, 0.717) is 5.75 Å². The van der Waals surface area contributed by atoms with E-state index >= 15 is 0 Å². The van der Waals surface area contributed by atoms with Crippen molar-refractivity contribution >= 4 is 17.6 Å². The lowest BCUT2D eigenvalue weighted by Gasteiger charge is -2.53. The maximum absolute atomic E-state index is 13.6. The molecule has 0 atom stereocenters. The van der Waals surface area contributed by atoms with E-state index in [1.807, 2.05) is 6.07 Å². The summed E-state index contributed by atoms with van der Waals surface area (Å²) in [5.74, 6) is 2.28. The molecule has 0 radical (unpaired) electrons. The molecule has 0 bridgehead atoms. The number of rotatable bonds is 5. The summed E-state index contributed by atoms with van der Waals surface area (Å²) < 4.78 is 23.2. The molecule has 0 unspecified atom stereocenters. The second kappa shape index (κ2) is 8.30. The second-order valence-corrected chi connectivity index (χ2v) is 9.85. The fourth-order valence-electron chi connectivity index (χ4n) is 4.89. The maximum atomic E-state index is 13.6. The van der Waals surface area contributed by atoms with Gasteiger partial charge in [-0.05, 0) is 72.9 Å². The van der Waals surface area contributed by atoms with Gasteiger partial charge < -0.3 is 19.3 Å². The molecular weight excluding hydrogens is 409 g/mol. The van der Waals surface area contributed by atoms with Crippen LogP contribution in [0, 0.1) is 5.82 Å². The van der Waals surface area contributed by atoms with Gasteiger partial charge in [-0.25, -0.2) is 4.39 Å². The number of ether oxygens (including phenoxy) is 1. The number of fused-ring (bicyclic) bond motifs is 2. The summed E-state index contributed by atoms with van der Waals surface area (Å²) in [6.07, 6.45) is 5.59. The van der Waals surface area contributed by atoms with Crippen molar-refractivity contribution in [3.8, 4) is 5.75 Å². The highest BCUT2D eigenvalue weighted by Crippen LogP contribution is 2.40. The molecule has 0 amide bonds. The molecular formula is C25H30FN3OS. The quantitative estimate of drug-likeness (QED) is 0.670. The fourth-order valence-corrected chi connectivity index (χ4v) is 5.61. The Bertz CT molecular complexity index is 989. The molecule has 0 aliphatic carbocycles. The van der Waals surface area contributed by atoms with E-state index in [4.69, 9.17) is 4.74 Å². The van der Waals surface area contributed by atoms with Gasteiger partial charge in [-0.3, -0.25) is 0 Å². The minimum atomic E-state index is -0.237. The van der Waals surface area contributed by atoms with Gasteiger partial charge in [-0.15, -0.1) is 0 Å². The lowest BCUT2D eigenvalue weighted by atomic mass is 9.84. The molecule has 3 aliphatic rings. The van der Waals surface area contributed by atoms with Gasteiger partial charge in [0.1, 0.15) is 23.0 Å². The van der Waals surface area contributed by atoms with Crippen LogP contribution in [0.25, 0.3) is 0 Å². The normalized spacial score (nSPS) is 19.0. The summed E-state index contributed by atoms with van der Waals surface area (Å²) in [5, 5.41) is 0. The molecule has 0 aromatic heterocycles. The number of hydrogen-bond donors (Lipinski definition) is 1. The molecule has 3 aliphatic heterocycles. The first-order valence-electron chi connectivity index (χ1n) is 11.1. The molecule has 31 heavy (non-hydrogen) atoms. The molecule has 2 aromatic rings. The van der Waals surface area contributed by atoms with Crippen LogP contribution in [0.2, 0.25) is 0 Å². The van der Waals surface area contributed by atoms with E-state index in [2.05, 4.69) is 46.3 Å². The van der Waals surface area contributed by atoms with Crippen LogP contribution >= 0.6 is 11.9 Å². The first-order valence-corrected chi connectivity index (χ1v) is 12.1. The highest BCUT2D eigenvalue weighted by Gasteiger charge is 2.47. The third-order valence-electron chi connectivity index (χ3n) is 6.72. The number of aryl methyl sites for hydroxylation is 2. The first kappa shape index (κ1) is 20.6. The van der Waals surface area contributed by atoms with Crippen molar-refractivity contribution in [2.24, 2.45) is 0 Å². The van der Waals surface area contributed by atoms with Crippen molar-refractivity contribution in [3.05, 3.63) is 71.3 Å². The standard InChI is InChI=1S/C25H30FN3OS/c1-18(27-31-15-19-6-9-23-21(13-19)5-3-4-12-28(23)2)29-16-25(17-29)11-10-20-7-8-22(26)14-24(20)30-25/h6-9,13-14,27H,1,3-5,10-12,15-17H2,2H3. The number of likely N-dealkylation sites (tertiary alicyclic amines) is 1. The lowest BCUT2D eigenvalue weighted by Crippen LogP contribution is -2.66. The molecule has 4 nitrogen and oxygen atoms in total. The third kappa shape index (κ3) is 4.22. The number of benzene rings is 2. The summed E-state index contributed by atoms with van der Waals surface area (Å²) in [6.45, 7) is 6.94. The van der Waals surface area contributed by atoms with E-state index in [0.717, 1.165) is 49.6 Å². The Kier molecular flexibility index (Phi) is 5.51. The van der Waals surface area contributed by atoms with Crippen molar-refractivity contribution in [2.45, 2.75) is 43.5 Å². The zero-order valence-corrected chi connectivity index (χ0v) is 18.9. The summed E-state index contributed by atoms with van der Waals surface area (Å²) in [5.41, 5.74) is 5.08. The number of anilines is 1. The van der Waals surface area contributed by atoms with Crippen molar-refractivity contribution < 1.29 is 9.13 Å². The molecule has 2 aromatic carbocycles. The van der Waals surface area contributed by atoms with Gasteiger partial charge in [0.25, 0.3) is 0 Å². The van der Waals surface area contributed by atoms with Crippen LogP contribution in [0.1, 0.15) is 36.0 Å². The van der Waals surface area contributed by atoms with Gasteiger partial charge in [-0.2, -0.15) is 0 Å². The van der Waals surface area contributed by atoms with Crippen LogP contribution in [0.5, 0.6) is 5.75 Å². The van der Waals surface area contributed by atoms with Gasteiger partial charge in [0.05, 0.1) is 13.1 Å². The average molecular weight is 440 g/mol. The van der Waals surface area contributed by atoms with Gasteiger partial charge in [0.15, 0.2) is 0 Å². The number of nitrogens with zero attached hydrogens (tertiary/aromatic N) is 2. The monoisotopic (exact) mass is 439 g/mol. The van der Waals surface area contributed by atoms with E-state index in [9.17, 15) is 4.39 Å². The zero-order valence-electron chi connectivity index (χ0n) is 18.1. The van der Waals surface area contributed by atoms with Crippen molar-refractivity contribution in [1.82, 2.24) is 9.62 Å². The Hall–Kier alpha value is -2.34. The largest absolute Gasteiger partial charge is 0.483 e. The zero-order chi connectivity index (χ0) is 21.4. The van der Waals surface area contributed by atoms with Gasteiger partial charge in [0, 0.05) is 31.1 Å². The highest BCUT2D eigenvalue weighted by atomic mass is 32.2. The smallest absolute Gasteiger partial charge is 0.144 e. The first-order chi connectivity index (χ1) is 15.0. The number of halogens is 1. The van der Waals surface area contributed by atoms with Gasteiger partial charge in [-0.1, -0.05) is 24.8 Å². The summed E-state index contributed by atoms with van der Waals surface area (Å²) in [6, 6.07) is 11.7. The Morgan fingerprint density at radius 1 is 1.16 bits per heavy atom. The van der Waals surface area contributed by atoms with Crippen LogP contribution < -0.4 is 14.4 Å². The fraction of sp³-hybridized carbons (Fsp3) is 0.440. The number of nitrogens with one attached hydrogen (secondary N) is 1.